The molecule has 2 amide bonds. The number of alkyl halides is 3. The summed E-state index contributed by atoms with van der Waals surface area (Å²) < 4.78 is 43.9. The summed E-state index contributed by atoms with van der Waals surface area (Å²) in [7, 11) is 1.36. The highest BCUT2D eigenvalue weighted by Crippen LogP contribution is 2.43. The molecule has 3 heterocycles. The van der Waals surface area contributed by atoms with Crippen LogP contribution in [0.15, 0.2) is 17.2 Å². The first-order valence-corrected chi connectivity index (χ1v) is 9.60. The minimum Gasteiger partial charge on any atom is -0.490 e. The van der Waals surface area contributed by atoms with Crippen LogP contribution in [0, 0.1) is 0 Å². The number of nitrogens with zero attached hydrogens (tertiary/aromatic N) is 4. The Morgan fingerprint density at radius 3 is 2.77 bits per heavy atom. The lowest BCUT2D eigenvalue weighted by Crippen LogP contribution is -2.36. The maximum absolute atomic E-state index is 12.9. The Labute approximate surface area is 169 Å². The molecule has 12 heteroatoms. The lowest BCUT2D eigenvalue weighted by atomic mass is 10.2. The zero-order chi connectivity index (χ0) is 21.5. The summed E-state index contributed by atoms with van der Waals surface area (Å²) in [6.45, 7) is -0.784. The Morgan fingerprint density at radius 1 is 1.37 bits per heavy atom. The van der Waals surface area contributed by atoms with Crippen molar-refractivity contribution >= 4 is 11.7 Å². The molecule has 2 aromatic heterocycles. The van der Waals surface area contributed by atoms with Crippen molar-refractivity contribution in [1.29, 1.82) is 0 Å². The van der Waals surface area contributed by atoms with Crippen molar-refractivity contribution in [1.82, 2.24) is 24.6 Å². The van der Waals surface area contributed by atoms with Crippen LogP contribution in [0.5, 0.6) is 5.75 Å². The summed E-state index contributed by atoms with van der Waals surface area (Å²) in [4.78, 5) is 33.2. The highest BCUT2D eigenvalue weighted by atomic mass is 19.4. The van der Waals surface area contributed by atoms with E-state index in [1.54, 1.807) is 0 Å². The number of anilines is 1. The highest BCUT2D eigenvalue weighted by molar-refractivity contribution is 5.90. The number of methoxy groups -OCH3 is 1. The molecule has 9 nitrogen and oxygen atoms in total. The van der Waals surface area contributed by atoms with E-state index in [1.165, 1.54) is 24.4 Å². The van der Waals surface area contributed by atoms with E-state index in [2.05, 4.69) is 20.4 Å². The van der Waals surface area contributed by atoms with Crippen LogP contribution < -0.4 is 15.6 Å². The third-order valence-corrected chi connectivity index (χ3v) is 5.17. The fraction of sp³-hybridized carbons (Fsp3) is 0.556. The SMILES string of the molecule is COc1cnc(C2CCCN2C(=O)Nc2cn(CC(F)(F)F)nc2C2CC2)[nH]c1=O. The number of nitrogens with one attached hydrogen (secondary N) is 2. The molecular weight excluding hydrogens is 405 g/mol. The van der Waals surface area contributed by atoms with Gasteiger partial charge in [-0.05, 0) is 25.7 Å². The van der Waals surface area contributed by atoms with Crippen molar-refractivity contribution in [2.24, 2.45) is 0 Å². The molecular formula is C18H21F3N6O3. The smallest absolute Gasteiger partial charge is 0.408 e. The summed E-state index contributed by atoms with van der Waals surface area (Å²) in [5.74, 6) is 0.464. The third kappa shape index (κ3) is 4.26. The third-order valence-electron chi connectivity index (χ3n) is 5.17. The van der Waals surface area contributed by atoms with Crippen LogP contribution in [0.3, 0.4) is 0 Å². The zero-order valence-electron chi connectivity index (χ0n) is 16.2. The second-order valence-electron chi connectivity index (χ2n) is 7.46. The lowest BCUT2D eigenvalue weighted by Gasteiger charge is -2.24. The van der Waals surface area contributed by atoms with E-state index in [0.717, 1.165) is 17.5 Å². The van der Waals surface area contributed by atoms with E-state index in [1.807, 2.05) is 0 Å². The number of halogens is 3. The van der Waals surface area contributed by atoms with Crippen LogP contribution in [0.2, 0.25) is 0 Å². The second-order valence-corrected chi connectivity index (χ2v) is 7.46. The number of amides is 2. The van der Waals surface area contributed by atoms with E-state index >= 15 is 0 Å². The molecule has 1 saturated heterocycles. The number of carbonyl (C=O) groups is 1. The van der Waals surface area contributed by atoms with Gasteiger partial charge < -0.3 is 19.9 Å². The maximum Gasteiger partial charge on any atom is 0.408 e. The monoisotopic (exact) mass is 426 g/mol. The maximum atomic E-state index is 12.9. The average Bonchev–Trinajstić information content (AvgIpc) is 3.26. The number of aromatic amines is 1. The molecule has 0 aromatic carbocycles. The molecule has 1 aliphatic carbocycles. The van der Waals surface area contributed by atoms with E-state index in [9.17, 15) is 22.8 Å². The molecule has 1 atom stereocenters. The number of aromatic nitrogens is 4. The van der Waals surface area contributed by atoms with Crippen molar-refractivity contribution < 1.29 is 22.7 Å². The van der Waals surface area contributed by atoms with E-state index in [4.69, 9.17) is 4.74 Å². The first kappa shape index (κ1) is 20.2. The zero-order valence-corrected chi connectivity index (χ0v) is 16.2. The highest BCUT2D eigenvalue weighted by Gasteiger charge is 2.36. The standard InChI is InChI=1S/C18H21F3N6O3/c1-30-13-7-22-15(24-16(13)28)12-3-2-6-27(12)17(29)23-11-8-26(9-18(19,20)21)25-14(11)10-4-5-10/h7-8,10,12H,2-6,9H2,1H3,(H,23,29)(H,22,24,28). The van der Waals surface area contributed by atoms with Crippen LogP contribution >= 0.6 is 0 Å². The molecule has 1 aliphatic heterocycles. The van der Waals surface area contributed by atoms with Gasteiger partial charge >= 0.3 is 12.2 Å². The molecule has 1 unspecified atom stereocenters. The summed E-state index contributed by atoms with van der Waals surface area (Å²) in [5.41, 5.74) is 0.312. The molecule has 162 valence electrons. The Morgan fingerprint density at radius 2 is 2.13 bits per heavy atom. The number of hydrogen-bond acceptors (Lipinski definition) is 5. The quantitative estimate of drug-likeness (QED) is 0.765. The number of urea groups is 1. The fourth-order valence-corrected chi connectivity index (χ4v) is 3.65. The van der Waals surface area contributed by atoms with Crippen LogP contribution in [-0.2, 0) is 6.54 Å². The molecule has 4 rings (SSSR count). The topological polar surface area (TPSA) is 105 Å². The van der Waals surface area contributed by atoms with Gasteiger partial charge in [-0.15, -0.1) is 0 Å². The van der Waals surface area contributed by atoms with Gasteiger partial charge in [0.05, 0.1) is 30.7 Å². The molecule has 30 heavy (non-hydrogen) atoms. The van der Waals surface area contributed by atoms with Crippen molar-refractivity contribution in [3.63, 3.8) is 0 Å². The first-order valence-electron chi connectivity index (χ1n) is 9.60. The minimum absolute atomic E-state index is 0.0590. The number of rotatable bonds is 5. The van der Waals surface area contributed by atoms with Crippen molar-refractivity contribution in [2.75, 3.05) is 19.0 Å². The van der Waals surface area contributed by atoms with Crippen LogP contribution in [-0.4, -0.2) is 50.5 Å². The molecule has 2 fully saturated rings. The van der Waals surface area contributed by atoms with Gasteiger partial charge in [-0.3, -0.25) is 9.48 Å². The van der Waals surface area contributed by atoms with Gasteiger partial charge in [0.15, 0.2) is 0 Å². The predicted molar refractivity (Wildman–Crippen MR) is 99.4 cm³/mol. The fourth-order valence-electron chi connectivity index (χ4n) is 3.65. The van der Waals surface area contributed by atoms with Crippen LogP contribution in [0.4, 0.5) is 23.7 Å². The van der Waals surface area contributed by atoms with E-state index in [0.29, 0.717) is 30.9 Å². The summed E-state index contributed by atoms with van der Waals surface area (Å²) in [5, 5.41) is 6.74. The van der Waals surface area contributed by atoms with E-state index < -0.39 is 30.4 Å². The van der Waals surface area contributed by atoms with Crippen LogP contribution in [0.1, 0.15) is 49.2 Å². The van der Waals surface area contributed by atoms with Gasteiger partial charge in [0.1, 0.15) is 12.4 Å². The van der Waals surface area contributed by atoms with Gasteiger partial charge in [0.2, 0.25) is 5.75 Å². The summed E-state index contributed by atoms with van der Waals surface area (Å²) in [6, 6.07) is -0.914. The molecule has 1 saturated carbocycles. The lowest BCUT2D eigenvalue weighted by molar-refractivity contribution is -0.142. The number of likely N-dealkylation sites (tertiary alicyclic amines) is 1. The number of hydrogen-bond donors (Lipinski definition) is 2. The largest absolute Gasteiger partial charge is 0.490 e. The Kier molecular flexibility index (Phi) is 5.16. The molecule has 0 radical (unpaired) electrons. The van der Waals surface area contributed by atoms with Crippen molar-refractivity contribution in [2.45, 2.75) is 50.4 Å². The first-order chi connectivity index (χ1) is 14.2. The summed E-state index contributed by atoms with van der Waals surface area (Å²) >= 11 is 0. The Hall–Kier alpha value is -3.05. The van der Waals surface area contributed by atoms with Gasteiger partial charge in [-0.25, -0.2) is 9.78 Å². The molecule has 2 aliphatic rings. The normalized spacial score (nSPS) is 19.2. The number of H-pyrrole nitrogens is 1. The van der Waals surface area contributed by atoms with Crippen molar-refractivity contribution in [3.8, 4) is 5.75 Å². The molecule has 0 bridgehead atoms. The van der Waals surface area contributed by atoms with Crippen molar-refractivity contribution in [3.05, 3.63) is 34.3 Å². The molecule has 2 aromatic rings. The van der Waals surface area contributed by atoms with Gasteiger partial charge in [-0.1, -0.05) is 0 Å². The van der Waals surface area contributed by atoms with Crippen LogP contribution in [0.25, 0.3) is 0 Å². The van der Waals surface area contributed by atoms with Gasteiger partial charge in [-0.2, -0.15) is 18.3 Å². The van der Waals surface area contributed by atoms with Gasteiger partial charge in [0.25, 0.3) is 5.56 Å². The Bertz CT molecular complexity index is 998. The predicted octanol–water partition coefficient (Wildman–Crippen LogP) is 2.78. The molecule has 2 N–H and O–H groups in total. The number of carbonyl (C=O) groups excluding carboxylic acids is 1. The number of ether oxygens (including phenoxy) is 1. The summed E-state index contributed by atoms with van der Waals surface area (Å²) in [6.07, 6.45) is 1.08. The Balaban J connectivity index is 1.53. The second kappa shape index (κ2) is 7.65. The minimum atomic E-state index is -4.40. The van der Waals surface area contributed by atoms with Gasteiger partial charge in [0, 0.05) is 18.7 Å². The average molecular weight is 426 g/mol. The van der Waals surface area contributed by atoms with E-state index in [-0.39, 0.29) is 17.4 Å². The molecule has 0 spiro atoms.